The van der Waals surface area contributed by atoms with Gasteiger partial charge in [0.15, 0.2) is 0 Å². The summed E-state index contributed by atoms with van der Waals surface area (Å²) in [5.74, 6) is -0.839. The number of benzene rings is 2. The minimum Gasteiger partial charge on any atom is -0.321 e. The fourth-order valence-electron chi connectivity index (χ4n) is 3.13. The van der Waals surface area contributed by atoms with Crippen LogP contribution >= 0.6 is 11.6 Å². The number of nitrogens with zero attached hydrogens (tertiary/aromatic N) is 1. The molecule has 0 saturated carbocycles. The van der Waals surface area contributed by atoms with E-state index in [4.69, 9.17) is 11.6 Å². The molecule has 10 heteroatoms. The third kappa shape index (κ3) is 4.57. The molecule has 156 valence electrons. The van der Waals surface area contributed by atoms with Crippen molar-refractivity contribution in [2.45, 2.75) is 30.8 Å². The molecule has 2 aromatic carbocycles. The molecule has 1 aliphatic heterocycles. The summed E-state index contributed by atoms with van der Waals surface area (Å²) in [6.07, 6.45) is -3.20. The average Bonchev–Trinajstić information content (AvgIpc) is 3.18. The fourth-order valence-corrected chi connectivity index (χ4v) is 4.85. The van der Waals surface area contributed by atoms with E-state index in [0.29, 0.717) is 18.7 Å². The average molecular weight is 447 g/mol. The zero-order chi connectivity index (χ0) is 21.4. The van der Waals surface area contributed by atoms with E-state index in [1.54, 1.807) is 6.92 Å². The Morgan fingerprint density at radius 3 is 2.38 bits per heavy atom. The molecule has 0 spiro atoms. The molecule has 2 aromatic rings. The van der Waals surface area contributed by atoms with Crippen molar-refractivity contribution >= 4 is 33.2 Å². The van der Waals surface area contributed by atoms with E-state index in [1.807, 2.05) is 0 Å². The predicted molar refractivity (Wildman–Crippen MR) is 104 cm³/mol. The topological polar surface area (TPSA) is 66.5 Å². The van der Waals surface area contributed by atoms with Gasteiger partial charge in [0, 0.05) is 23.7 Å². The van der Waals surface area contributed by atoms with Gasteiger partial charge in [-0.05, 0) is 55.7 Å². The number of rotatable bonds is 4. The number of carbonyl (C=O) groups excluding carboxylic acids is 1. The largest absolute Gasteiger partial charge is 0.418 e. The maximum atomic E-state index is 13.3. The lowest BCUT2D eigenvalue weighted by atomic mass is 10.1. The molecule has 1 heterocycles. The van der Waals surface area contributed by atoms with Crippen LogP contribution in [0.2, 0.25) is 5.02 Å². The van der Waals surface area contributed by atoms with Gasteiger partial charge >= 0.3 is 6.18 Å². The van der Waals surface area contributed by atoms with Gasteiger partial charge in [-0.1, -0.05) is 17.7 Å². The van der Waals surface area contributed by atoms with Crippen molar-refractivity contribution in [3.8, 4) is 0 Å². The molecule has 1 N–H and O–H groups in total. The summed E-state index contributed by atoms with van der Waals surface area (Å²) in [6.45, 7) is 2.38. The summed E-state index contributed by atoms with van der Waals surface area (Å²) in [5, 5.41) is 2.10. The first-order chi connectivity index (χ1) is 13.5. The van der Waals surface area contributed by atoms with Crippen molar-refractivity contribution in [1.82, 2.24) is 4.31 Å². The van der Waals surface area contributed by atoms with Gasteiger partial charge in [-0.15, -0.1) is 0 Å². The lowest BCUT2D eigenvalue weighted by molar-refractivity contribution is -0.136. The van der Waals surface area contributed by atoms with Gasteiger partial charge in [-0.2, -0.15) is 17.5 Å². The van der Waals surface area contributed by atoms with Crippen LogP contribution in [-0.2, 0) is 16.2 Å². The number of sulfonamides is 1. The minimum atomic E-state index is -4.72. The number of amides is 1. The zero-order valence-electron chi connectivity index (χ0n) is 15.4. The molecule has 0 atom stereocenters. The van der Waals surface area contributed by atoms with Gasteiger partial charge in [0.05, 0.1) is 16.1 Å². The Hall–Kier alpha value is -2.10. The van der Waals surface area contributed by atoms with Crippen LogP contribution in [-0.4, -0.2) is 31.7 Å². The van der Waals surface area contributed by atoms with Crippen LogP contribution in [0.5, 0.6) is 0 Å². The van der Waals surface area contributed by atoms with Gasteiger partial charge in [0.2, 0.25) is 10.0 Å². The predicted octanol–water partition coefficient (Wildman–Crippen LogP) is 4.70. The fraction of sp³-hybridized carbons (Fsp3) is 0.316. The van der Waals surface area contributed by atoms with Gasteiger partial charge in [-0.3, -0.25) is 4.79 Å². The van der Waals surface area contributed by atoms with E-state index in [2.05, 4.69) is 5.32 Å². The highest BCUT2D eigenvalue weighted by Gasteiger charge is 2.34. The second kappa shape index (κ2) is 7.97. The first-order valence-corrected chi connectivity index (χ1v) is 10.6. The lowest BCUT2D eigenvalue weighted by Gasteiger charge is -2.17. The molecule has 0 aromatic heterocycles. The summed E-state index contributed by atoms with van der Waals surface area (Å²) < 4.78 is 66.6. The summed E-state index contributed by atoms with van der Waals surface area (Å²) in [7, 11) is -3.77. The van der Waals surface area contributed by atoms with E-state index >= 15 is 0 Å². The summed E-state index contributed by atoms with van der Waals surface area (Å²) in [6, 6.07) is 7.06. The van der Waals surface area contributed by atoms with Gasteiger partial charge in [0.25, 0.3) is 5.91 Å². The molecule has 3 rings (SSSR count). The van der Waals surface area contributed by atoms with E-state index in [1.165, 1.54) is 28.6 Å². The molecule has 0 bridgehead atoms. The van der Waals surface area contributed by atoms with Crippen molar-refractivity contribution in [2.75, 3.05) is 18.4 Å². The number of carbonyl (C=O) groups is 1. The molecule has 0 aliphatic carbocycles. The number of nitrogens with one attached hydrogen (secondary N) is 1. The van der Waals surface area contributed by atoms with Crippen LogP contribution in [0, 0.1) is 6.92 Å². The van der Waals surface area contributed by atoms with Gasteiger partial charge < -0.3 is 5.32 Å². The van der Waals surface area contributed by atoms with Crippen LogP contribution in [0.3, 0.4) is 0 Å². The summed E-state index contributed by atoms with van der Waals surface area (Å²) in [5.41, 5.74) is -1.13. The molecule has 1 amide bonds. The quantitative estimate of drug-likeness (QED) is 0.740. The molecular weight excluding hydrogens is 429 g/mol. The Kier molecular flexibility index (Phi) is 5.93. The van der Waals surface area contributed by atoms with Crippen LogP contribution < -0.4 is 5.32 Å². The van der Waals surface area contributed by atoms with Crippen molar-refractivity contribution in [2.24, 2.45) is 0 Å². The summed E-state index contributed by atoms with van der Waals surface area (Å²) >= 11 is 5.65. The lowest BCUT2D eigenvalue weighted by Crippen LogP contribution is -2.28. The van der Waals surface area contributed by atoms with Crippen molar-refractivity contribution < 1.29 is 26.4 Å². The van der Waals surface area contributed by atoms with Crippen molar-refractivity contribution in [1.29, 1.82) is 0 Å². The highest BCUT2D eigenvalue weighted by molar-refractivity contribution is 7.89. The molecule has 0 radical (unpaired) electrons. The van der Waals surface area contributed by atoms with Gasteiger partial charge in [0.1, 0.15) is 0 Å². The molecule has 29 heavy (non-hydrogen) atoms. The Bertz CT molecular complexity index is 1050. The highest BCUT2D eigenvalue weighted by atomic mass is 35.5. The molecule has 0 unspecified atom stereocenters. The SMILES string of the molecule is Cc1ccc(S(=O)(=O)N2CCCC2)cc1C(=O)Nc1ccc(Cl)cc1C(F)(F)F. The number of hydrogen-bond acceptors (Lipinski definition) is 3. The number of alkyl halides is 3. The third-order valence-corrected chi connectivity index (χ3v) is 6.82. The first kappa shape index (κ1) is 21.6. The molecule has 1 aliphatic rings. The monoisotopic (exact) mass is 446 g/mol. The maximum absolute atomic E-state index is 13.3. The third-order valence-electron chi connectivity index (χ3n) is 4.69. The molecular formula is C19H18ClF3N2O3S. The van der Waals surface area contributed by atoms with Crippen LogP contribution in [0.1, 0.15) is 34.3 Å². The Morgan fingerprint density at radius 2 is 1.76 bits per heavy atom. The Morgan fingerprint density at radius 1 is 1.10 bits per heavy atom. The number of anilines is 1. The highest BCUT2D eigenvalue weighted by Crippen LogP contribution is 2.36. The van der Waals surface area contributed by atoms with E-state index in [-0.39, 0.29) is 15.5 Å². The smallest absolute Gasteiger partial charge is 0.321 e. The standard InChI is InChI=1S/C19H18ClF3N2O3S/c1-12-4-6-14(29(27,28)25-8-2-3-9-25)11-15(12)18(26)24-17-7-5-13(20)10-16(17)19(21,22)23/h4-7,10-11H,2-3,8-9H2,1H3,(H,24,26). The number of aryl methyl sites for hydroxylation is 1. The van der Waals surface area contributed by atoms with E-state index in [9.17, 15) is 26.4 Å². The Balaban J connectivity index is 1.95. The maximum Gasteiger partial charge on any atom is 0.418 e. The Labute approximate surface area is 171 Å². The molecule has 1 saturated heterocycles. The molecule has 1 fully saturated rings. The van der Waals surface area contributed by atoms with Crippen LogP contribution in [0.4, 0.5) is 18.9 Å². The summed E-state index contributed by atoms with van der Waals surface area (Å²) in [4.78, 5) is 12.6. The zero-order valence-corrected chi connectivity index (χ0v) is 17.0. The second-order valence-electron chi connectivity index (χ2n) is 6.73. The van der Waals surface area contributed by atoms with Crippen LogP contribution in [0.25, 0.3) is 0 Å². The van der Waals surface area contributed by atoms with E-state index in [0.717, 1.165) is 25.0 Å². The van der Waals surface area contributed by atoms with Crippen molar-refractivity contribution in [3.05, 3.63) is 58.1 Å². The minimum absolute atomic E-state index is 0.0200. The number of hydrogen-bond donors (Lipinski definition) is 1. The van der Waals surface area contributed by atoms with Crippen LogP contribution in [0.15, 0.2) is 41.3 Å². The second-order valence-corrected chi connectivity index (χ2v) is 9.10. The first-order valence-electron chi connectivity index (χ1n) is 8.79. The van der Waals surface area contributed by atoms with Gasteiger partial charge in [-0.25, -0.2) is 8.42 Å². The normalized spacial score (nSPS) is 15.5. The van der Waals surface area contributed by atoms with Crippen molar-refractivity contribution in [3.63, 3.8) is 0 Å². The van der Waals surface area contributed by atoms with E-state index < -0.39 is 33.4 Å². The molecule has 5 nitrogen and oxygen atoms in total. The number of halogens is 4.